The Labute approximate surface area is 137 Å². The first kappa shape index (κ1) is 15.1. The molecule has 0 fully saturated rings. The van der Waals surface area contributed by atoms with Crippen molar-refractivity contribution < 1.29 is 4.79 Å². The average Bonchev–Trinajstić information content (AvgIpc) is 3.14. The van der Waals surface area contributed by atoms with Gasteiger partial charge in [0, 0.05) is 11.9 Å². The van der Waals surface area contributed by atoms with E-state index >= 15 is 0 Å². The molecule has 1 aromatic carbocycles. The van der Waals surface area contributed by atoms with Crippen molar-refractivity contribution in [3.8, 4) is 0 Å². The third kappa shape index (κ3) is 3.18. The first-order valence-corrected chi connectivity index (χ1v) is 8.88. The molecule has 2 heterocycles. The Morgan fingerprint density at radius 1 is 1.36 bits per heavy atom. The van der Waals surface area contributed by atoms with Crippen LogP contribution < -0.4 is 5.32 Å². The summed E-state index contributed by atoms with van der Waals surface area (Å²) >= 11 is 3.12. The van der Waals surface area contributed by atoms with Gasteiger partial charge in [0.2, 0.25) is 5.91 Å². The van der Waals surface area contributed by atoms with Crippen LogP contribution in [-0.4, -0.2) is 21.2 Å². The highest BCUT2D eigenvalue weighted by Crippen LogP contribution is 2.23. The summed E-state index contributed by atoms with van der Waals surface area (Å²) < 4.78 is 2.02. The molecule has 4 nitrogen and oxygen atoms in total. The Morgan fingerprint density at radius 3 is 2.91 bits per heavy atom. The molecule has 6 heteroatoms. The molecule has 114 valence electrons. The lowest BCUT2D eigenvalue weighted by Gasteiger charge is -2.11. The molecule has 1 N–H and O–H groups in total. The van der Waals surface area contributed by atoms with Crippen LogP contribution in [0.4, 0.5) is 0 Å². The van der Waals surface area contributed by atoms with Gasteiger partial charge < -0.3 is 9.88 Å². The molecule has 0 saturated heterocycles. The van der Waals surface area contributed by atoms with Gasteiger partial charge in [-0.2, -0.15) is 0 Å². The van der Waals surface area contributed by atoms with Gasteiger partial charge in [-0.15, -0.1) is 11.3 Å². The van der Waals surface area contributed by atoms with E-state index in [2.05, 4.69) is 10.3 Å². The van der Waals surface area contributed by atoms with Crippen LogP contribution in [0.2, 0.25) is 0 Å². The molecule has 0 radical (unpaired) electrons. The summed E-state index contributed by atoms with van der Waals surface area (Å²) in [5, 5.41) is 5.90. The van der Waals surface area contributed by atoms with Crippen LogP contribution in [-0.2, 0) is 11.8 Å². The smallest absolute Gasteiger partial charge is 0.230 e. The van der Waals surface area contributed by atoms with Crippen LogP contribution in [0.1, 0.15) is 17.8 Å². The number of imidazole rings is 1. The second kappa shape index (κ2) is 6.54. The second-order valence-corrected chi connectivity index (χ2v) is 6.96. The monoisotopic (exact) mass is 331 g/mol. The maximum absolute atomic E-state index is 12.1. The third-order valence-corrected chi connectivity index (χ3v) is 5.51. The van der Waals surface area contributed by atoms with Gasteiger partial charge >= 0.3 is 0 Å². The van der Waals surface area contributed by atoms with Crippen molar-refractivity contribution in [1.29, 1.82) is 0 Å². The molecule has 1 atom stereocenters. The Kier molecular flexibility index (Phi) is 4.49. The molecular formula is C16H17N3OS2. The number of carbonyl (C=O) groups excluding carboxylic acids is 1. The summed E-state index contributed by atoms with van der Waals surface area (Å²) in [6, 6.07) is 12.1. The summed E-state index contributed by atoms with van der Waals surface area (Å²) in [6.45, 7) is 2.00. The van der Waals surface area contributed by atoms with Gasteiger partial charge in [0.15, 0.2) is 5.16 Å². The number of aryl methyl sites for hydroxylation is 1. The highest BCUT2D eigenvalue weighted by Gasteiger charge is 2.13. The van der Waals surface area contributed by atoms with Crippen molar-refractivity contribution in [2.45, 2.75) is 18.1 Å². The molecule has 0 spiro atoms. The van der Waals surface area contributed by atoms with Crippen molar-refractivity contribution in [2.75, 3.05) is 5.75 Å². The number of hydrogen-bond donors (Lipinski definition) is 1. The van der Waals surface area contributed by atoms with Crippen LogP contribution >= 0.6 is 23.1 Å². The number of thiophene rings is 1. The van der Waals surface area contributed by atoms with Crippen LogP contribution in [0.5, 0.6) is 0 Å². The van der Waals surface area contributed by atoms with Crippen LogP contribution in [0, 0.1) is 0 Å². The summed E-state index contributed by atoms with van der Waals surface area (Å²) in [7, 11) is 1.98. The number of aromatic nitrogens is 2. The number of thioether (sulfide) groups is 1. The summed E-state index contributed by atoms with van der Waals surface area (Å²) in [5.41, 5.74) is 2.04. The SMILES string of the molecule is CC(NC(=O)CSc1nc2ccccc2n1C)c1cccs1. The summed E-state index contributed by atoms with van der Waals surface area (Å²) in [4.78, 5) is 17.8. The lowest BCUT2D eigenvalue weighted by molar-refractivity contribution is -0.119. The van der Waals surface area contributed by atoms with Gasteiger partial charge in [-0.05, 0) is 30.5 Å². The van der Waals surface area contributed by atoms with Crippen molar-refractivity contribution in [3.63, 3.8) is 0 Å². The molecule has 1 amide bonds. The van der Waals surface area contributed by atoms with Gasteiger partial charge in [-0.25, -0.2) is 4.98 Å². The van der Waals surface area contributed by atoms with Crippen molar-refractivity contribution in [3.05, 3.63) is 46.7 Å². The first-order valence-electron chi connectivity index (χ1n) is 7.02. The lowest BCUT2D eigenvalue weighted by Crippen LogP contribution is -2.27. The largest absolute Gasteiger partial charge is 0.348 e. The van der Waals surface area contributed by atoms with E-state index in [4.69, 9.17) is 0 Å². The van der Waals surface area contributed by atoms with Gasteiger partial charge in [0.25, 0.3) is 0 Å². The zero-order valence-corrected chi connectivity index (χ0v) is 14.1. The van der Waals surface area contributed by atoms with Crippen LogP contribution in [0.3, 0.4) is 0 Å². The highest BCUT2D eigenvalue weighted by atomic mass is 32.2. The van der Waals surface area contributed by atoms with E-state index in [1.165, 1.54) is 16.6 Å². The average molecular weight is 331 g/mol. The van der Waals surface area contributed by atoms with Crippen molar-refractivity contribution in [1.82, 2.24) is 14.9 Å². The molecule has 22 heavy (non-hydrogen) atoms. The highest BCUT2D eigenvalue weighted by molar-refractivity contribution is 7.99. The molecule has 2 aromatic heterocycles. The predicted octanol–water partition coefficient (Wildman–Crippen LogP) is 3.60. The molecule has 0 bridgehead atoms. The number of para-hydroxylation sites is 2. The molecule has 3 rings (SSSR count). The van der Waals surface area contributed by atoms with Crippen LogP contribution in [0.15, 0.2) is 46.9 Å². The fraction of sp³-hybridized carbons (Fsp3) is 0.250. The van der Waals surface area contributed by atoms with E-state index in [1.807, 2.05) is 60.3 Å². The summed E-state index contributed by atoms with van der Waals surface area (Å²) in [6.07, 6.45) is 0. The second-order valence-electron chi connectivity index (χ2n) is 5.04. The normalized spacial score (nSPS) is 12.5. The minimum atomic E-state index is 0.0259. The van der Waals surface area contributed by atoms with E-state index in [0.29, 0.717) is 5.75 Å². The Bertz CT molecular complexity index is 780. The topological polar surface area (TPSA) is 46.9 Å². The lowest BCUT2D eigenvalue weighted by atomic mass is 10.3. The molecule has 0 aliphatic heterocycles. The molecular weight excluding hydrogens is 314 g/mol. The fourth-order valence-corrected chi connectivity index (χ4v) is 3.81. The van der Waals surface area contributed by atoms with E-state index in [-0.39, 0.29) is 11.9 Å². The molecule has 0 aliphatic carbocycles. The maximum Gasteiger partial charge on any atom is 0.230 e. The van der Waals surface area contributed by atoms with Crippen molar-refractivity contribution >= 4 is 40.0 Å². The zero-order chi connectivity index (χ0) is 15.5. The minimum Gasteiger partial charge on any atom is -0.348 e. The van der Waals surface area contributed by atoms with E-state index in [1.54, 1.807) is 11.3 Å². The van der Waals surface area contributed by atoms with Gasteiger partial charge in [-0.3, -0.25) is 4.79 Å². The zero-order valence-electron chi connectivity index (χ0n) is 12.4. The molecule has 3 aromatic rings. The van der Waals surface area contributed by atoms with E-state index in [9.17, 15) is 4.79 Å². The number of benzene rings is 1. The Balaban J connectivity index is 1.61. The quantitative estimate of drug-likeness (QED) is 0.727. The first-order chi connectivity index (χ1) is 10.6. The number of carbonyl (C=O) groups is 1. The number of fused-ring (bicyclic) bond motifs is 1. The van der Waals surface area contributed by atoms with E-state index < -0.39 is 0 Å². The molecule has 0 saturated carbocycles. The minimum absolute atomic E-state index is 0.0259. The molecule has 0 aliphatic rings. The van der Waals surface area contributed by atoms with Gasteiger partial charge in [-0.1, -0.05) is 30.0 Å². The maximum atomic E-state index is 12.1. The van der Waals surface area contributed by atoms with Crippen LogP contribution in [0.25, 0.3) is 11.0 Å². The fourth-order valence-electron chi connectivity index (χ4n) is 2.27. The number of hydrogen-bond acceptors (Lipinski definition) is 4. The number of nitrogens with one attached hydrogen (secondary N) is 1. The standard InChI is InChI=1S/C16H17N3OS2/c1-11(14-8-5-9-21-14)17-15(20)10-22-16-18-12-6-3-4-7-13(12)19(16)2/h3-9,11H,10H2,1-2H3,(H,17,20). The van der Waals surface area contributed by atoms with Gasteiger partial charge in [0.05, 0.1) is 22.8 Å². The summed E-state index contributed by atoms with van der Waals surface area (Å²) in [5.74, 6) is 0.394. The Hall–Kier alpha value is -1.79. The van der Waals surface area contributed by atoms with Gasteiger partial charge in [0.1, 0.15) is 0 Å². The third-order valence-electron chi connectivity index (χ3n) is 3.43. The number of rotatable bonds is 5. The van der Waals surface area contributed by atoms with E-state index in [0.717, 1.165) is 16.2 Å². The molecule has 1 unspecified atom stereocenters. The number of nitrogens with zero attached hydrogens (tertiary/aromatic N) is 2. The van der Waals surface area contributed by atoms with Crippen molar-refractivity contribution in [2.24, 2.45) is 7.05 Å². The Morgan fingerprint density at radius 2 is 2.18 bits per heavy atom. The predicted molar refractivity (Wildman–Crippen MR) is 92.3 cm³/mol. The number of amides is 1.